The summed E-state index contributed by atoms with van der Waals surface area (Å²) in [4.78, 5) is 30.3. The van der Waals surface area contributed by atoms with Crippen LogP contribution in [0.4, 0.5) is 4.79 Å². The van der Waals surface area contributed by atoms with Gasteiger partial charge in [-0.15, -0.1) is 0 Å². The van der Waals surface area contributed by atoms with E-state index in [2.05, 4.69) is 4.98 Å². The van der Waals surface area contributed by atoms with E-state index >= 15 is 0 Å². The molecule has 0 spiro atoms. The van der Waals surface area contributed by atoms with E-state index in [1.807, 2.05) is 61.5 Å². The van der Waals surface area contributed by atoms with Crippen molar-refractivity contribution in [3.63, 3.8) is 0 Å². The van der Waals surface area contributed by atoms with Gasteiger partial charge in [-0.2, -0.15) is 0 Å². The van der Waals surface area contributed by atoms with Gasteiger partial charge in [-0.25, -0.2) is 9.78 Å². The maximum atomic E-state index is 12.1. The summed E-state index contributed by atoms with van der Waals surface area (Å²) in [5, 5.41) is -0.424. The van der Waals surface area contributed by atoms with Crippen LogP contribution in [0.3, 0.4) is 0 Å². The predicted octanol–water partition coefficient (Wildman–Crippen LogP) is 5.28. The molecular formula is C27H29ClN2O5. The normalized spacial score (nSPS) is 17.4. The van der Waals surface area contributed by atoms with E-state index in [0.717, 1.165) is 28.3 Å². The first-order chi connectivity index (χ1) is 16.9. The molecule has 184 valence electrons. The number of likely N-dealkylation sites (tertiary alicyclic amines) is 1. The van der Waals surface area contributed by atoms with Crippen LogP contribution in [0, 0.1) is 18.8 Å². The first kappa shape index (κ1) is 24.8. The SMILES string of the molecule is CCOC(=O)N1C[C@H](Cc2cccc(OCCc3nc(-c4ccccc4)oc3C)c2)[C@@H](C(=O)Cl)C1. The summed E-state index contributed by atoms with van der Waals surface area (Å²) in [7, 11) is 0. The molecular weight excluding hydrogens is 468 g/mol. The van der Waals surface area contributed by atoms with Crippen LogP contribution in [0.15, 0.2) is 59.0 Å². The van der Waals surface area contributed by atoms with E-state index in [-0.39, 0.29) is 12.5 Å². The second kappa shape index (κ2) is 11.4. The van der Waals surface area contributed by atoms with Gasteiger partial charge in [-0.3, -0.25) is 4.79 Å². The number of oxazole rings is 1. The number of aromatic nitrogens is 1. The Kier molecular flexibility index (Phi) is 8.08. The Bertz CT molecular complexity index is 1160. The Labute approximate surface area is 210 Å². The summed E-state index contributed by atoms with van der Waals surface area (Å²) in [6.07, 6.45) is 0.819. The minimum atomic E-state index is -0.424. The first-order valence-electron chi connectivity index (χ1n) is 11.8. The summed E-state index contributed by atoms with van der Waals surface area (Å²) in [6.45, 7) is 5.12. The molecule has 4 rings (SSSR count). The molecule has 3 aromatic rings. The minimum Gasteiger partial charge on any atom is -0.493 e. The molecule has 0 aliphatic carbocycles. The molecule has 0 bridgehead atoms. The third-order valence-corrected chi connectivity index (χ3v) is 6.46. The molecule has 8 heteroatoms. The first-order valence-corrected chi connectivity index (χ1v) is 12.2. The van der Waals surface area contributed by atoms with Crippen molar-refractivity contribution in [1.29, 1.82) is 0 Å². The van der Waals surface area contributed by atoms with Gasteiger partial charge in [0, 0.05) is 25.1 Å². The quantitative estimate of drug-likeness (QED) is 0.375. The smallest absolute Gasteiger partial charge is 0.409 e. The standard InChI is InChI=1S/C27H29ClN2O5/c1-3-33-27(32)30-16-21(23(17-30)25(28)31)14-19-8-7-11-22(15-19)34-13-12-24-18(2)35-26(29-24)20-9-5-4-6-10-20/h4-11,15,21,23H,3,12-14,16-17H2,1-2H3/t21-,23-/m0/s1. The summed E-state index contributed by atoms with van der Waals surface area (Å²) in [5.74, 6) is 1.64. The number of aryl methyl sites for hydroxylation is 1. The molecule has 35 heavy (non-hydrogen) atoms. The Morgan fingerprint density at radius 3 is 2.69 bits per heavy atom. The van der Waals surface area contributed by atoms with Crippen molar-refractivity contribution in [1.82, 2.24) is 9.88 Å². The van der Waals surface area contributed by atoms with Crippen LogP contribution in [-0.2, 0) is 22.4 Å². The minimum absolute atomic E-state index is 0.0751. The van der Waals surface area contributed by atoms with Crippen LogP contribution in [0.1, 0.15) is 23.9 Å². The van der Waals surface area contributed by atoms with Crippen molar-refractivity contribution in [2.24, 2.45) is 11.8 Å². The van der Waals surface area contributed by atoms with Gasteiger partial charge in [0.05, 0.1) is 24.8 Å². The third-order valence-electron chi connectivity index (χ3n) is 6.18. The Balaban J connectivity index is 1.35. The average Bonchev–Trinajstić information content (AvgIpc) is 3.44. The van der Waals surface area contributed by atoms with Gasteiger partial charge in [0.15, 0.2) is 0 Å². The Morgan fingerprint density at radius 2 is 1.94 bits per heavy atom. The maximum Gasteiger partial charge on any atom is 0.409 e. The van der Waals surface area contributed by atoms with E-state index < -0.39 is 17.3 Å². The highest BCUT2D eigenvalue weighted by Crippen LogP contribution is 2.30. The van der Waals surface area contributed by atoms with Crippen molar-refractivity contribution in [3.8, 4) is 17.2 Å². The molecule has 1 aliphatic rings. The van der Waals surface area contributed by atoms with Crippen molar-refractivity contribution >= 4 is 22.9 Å². The second-order valence-corrected chi connectivity index (χ2v) is 8.99. The largest absolute Gasteiger partial charge is 0.493 e. The second-order valence-electron chi connectivity index (χ2n) is 8.61. The number of carbonyl (C=O) groups is 2. The van der Waals surface area contributed by atoms with Gasteiger partial charge < -0.3 is 18.8 Å². The van der Waals surface area contributed by atoms with Crippen molar-refractivity contribution in [2.75, 3.05) is 26.3 Å². The van der Waals surface area contributed by atoms with Crippen molar-refractivity contribution < 1.29 is 23.5 Å². The van der Waals surface area contributed by atoms with Crippen molar-refractivity contribution in [3.05, 3.63) is 71.6 Å². The fraction of sp³-hybridized carbons (Fsp3) is 0.370. The summed E-state index contributed by atoms with van der Waals surface area (Å²) in [5.41, 5.74) is 2.83. The molecule has 1 aromatic heterocycles. The third kappa shape index (κ3) is 6.22. The van der Waals surface area contributed by atoms with Crippen molar-refractivity contribution in [2.45, 2.75) is 26.7 Å². The molecule has 2 aromatic carbocycles. The molecule has 2 heterocycles. The molecule has 0 radical (unpaired) electrons. The topological polar surface area (TPSA) is 81.9 Å². The molecule has 2 atom stereocenters. The molecule has 0 N–H and O–H groups in total. The highest BCUT2D eigenvalue weighted by atomic mass is 35.5. The molecule has 7 nitrogen and oxygen atoms in total. The maximum absolute atomic E-state index is 12.1. The lowest BCUT2D eigenvalue weighted by Crippen LogP contribution is -2.30. The molecule has 1 fully saturated rings. The zero-order valence-electron chi connectivity index (χ0n) is 19.9. The number of hydrogen-bond acceptors (Lipinski definition) is 6. The molecule has 1 saturated heterocycles. The highest BCUT2D eigenvalue weighted by molar-refractivity contribution is 6.64. The van der Waals surface area contributed by atoms with Crippen LogP contribution in [-0.4, -0.2) is 47.5 Å². The van der Waals surface area contributed by atoms with Crippen LogP contribution >= 0.6 is 11.6 Å². The number of nitrogens with zero attached hydrogens (tertiary/aromatic N) is 2. The van der Waals surface area contributed by atoms with E-state index in [4.69, 9.17) is 25.5 Å². The highest BCUT2D eigenvalue weighted by Gasteiger charge is 2.39. The van der Waals surface area contributed by atoms with Crippen LogP contribution in [0.25, 0.3) is 11.5 Å². The number of carbonyl (C=O) groups excluding carboxylic acids is 2. The summed E-state index contributed by atoms with van der Waals surface area (Å²) < 4.78 is 16.9. The number of ether oxygens (including phenoxy) is 2. The lowest BCUT2D eigenvalue weighted by molar-refractivity contribution is -0.115. The van der Waals surface area contributed by atoms with Gasteiger partial charge in [0.1, 0.15) is 11.5 Å². The van der Waals surface area contributed by atoms with Gasteiger partial charge in [-0.05, 0) is 67.6 Å². The van der Waals surface area contributed by atoms with Gasteiger partial charge in [-0.1, -0.05) is 30.3 Å². The number of benzene rings is 2. The van der Waals surface area contributed by atoms with E-state index in [9.17, 15) is 9.59 Å². The summed E-state index contributed by atoms with van der Waals surface area (Å²) >= 11 is 5.85. The molecule has 0 saturated carbocycles. The molecule has 1 amide bonds. The van der Waals surface area contributed by atoms with E-state index in [1.165, 1.54) is 0 Å². The molecule has 1 aliphatic heterocycles. The fourth-order valence-electron chi connectivity index (χ4n) is 4.39. The van der Waals surface area contributed by atoms with Gasteiger partial charge >= 0.3 is 6.09 Å². The summed E-state index contributed by atoms with van der Waals surface area (Å²) in [6, 6.07) is 17.6. The Hall–Kier alpha value is -3.32. The lowest BCUT2D eigenvalue weighted by atomic mass is 9.90. The number of rotatable bonds is 9. The number of amides is 1. The predicted molar refractivity (Wildman–Crippen MR) is 132 cm³/mol. The zero-order chi connectivity index (χ0) is 24.8. The average molecular weight is 497 g/mol. The van der Waals surface area contributed by atoms with Crippen LogP contribution in [0.5, 0.6) is 5.75 Å². The van der Waals surface area contributed by atoms with Crippen LogP contribution in [0.2, 0.25) is 0 Å². The monoisotopic (exact) mass is 496 g/mol. The molecule has 0 unspecified atom stereocenters. The lowest BCUT2D eigenvalue weighted by Gasteiger charge is -2.16. The van der Waals surface area contributed by atoms with Gasteiger partial charge in [0.25, 0.3) is 0 Å². The number of hydrogen-bond donors (Lipinski definition) is 0. The zero-order valence-corrected chi connectivity index (χ0v) is 20.7. The van der Waals surface area contributed by atoms with Crippen LogP contribution < -0.4 is 4.74 Å². The van der Waals surface area contributed by atoms with E-state index in [1.54, 1.807) is 11.8 Å². The Morgan fingerprint density at radius 1 is 1.14 bits per heavy atom. The van der Waals surface area contributed by atoms with E-state index in [0.29, 0.717) is 38.5 Å². The number of halogens is 1. The van der Waals surface area contributed by atoms with Gasteiger partial charge in [0.2, 0.25) is 11.1 Å². The fourth-order valence-corrected chi connectivity index (χ4v) is 4.64.